The van der Waals surface area contributed by atoms with Gasteiger partial charge >= 0.3 is 6.18 Å². The van der Waals surface area contributed by atoms with Crippen LogP contribution in [0.3, 0.4) is 0 Å². The lowest BCUT2D eigenvalue weighted by Gasteiger charge is -2.27. The first-order valence-corrected chi connectivity index (χ1v) is 10.7. The summed E-state index contributed by atoms with van der Waals surface area (Å²) in [6.45, 7) is 1.65. The van der Waals surface area contributed by atoms with Crippen LogP contribution in [0, 0.1) is 0 Å². The molecule has 0 atom stereocenters. The number of nitrogens with one attached hydrogen (secondary N) is 1. The van der Waals surface area contributed by atoms with Crippen LogP contribution in [0.5, 0.6) is 5.75 Å². The van der Waals surface area contributed by atoms with E-state index >= 15 is 0 Å². The second-order valence-corrected chi connectivity index (χ2v) is 8.16. The largest absolute Gasteiger partial charge is 0.497 e. The fraction of sp³-hybridized carbons (Fsp3) is 0.348. The number of fused-ring (bicyclic) bond motifs is 2. The highest BCUT2D eigenvalue weighted by Crippen LogP contribution is 2.37. The number of aromatic amines is 1. The zero-order valence-corrected chi connectivity index (χ0v) is 17.9. The number of benzene rings is 1. The van der Waals surface area contributed by atoms with E-state index in [4.69, 9.17) is 4.74 Å². The predicted octanol–water partition coefficient (Wildman–Crippen LogP) is 4.62. The van der Waals surface area contributed by atoms with Crippen molar-refractivity contribution in [3.8, 4) is 17.0 Å². The number of likely N-dealkylation sites (tertiary alicyclic amines) is 1. The van der Waals surface area contributed by atoms with Crippen LogP contribution in [0.1, 0.15) is 25.0 Å². The second-order valence-electron chi connectivity index (χ2n) is 8.16. The van der Waals surface area contributed by atoms with E-state index in [9.17, 15) is 18.0 Å². The Kier molecular flexibility index (Phi) is 5.22. The van der Waals surface area contributed by atoms with Gasteiger partial charge in [-0.05, 0) is 43.5 Å². The number of hydrogen-bond acceptors (Lipinski definition) is 4. The van der Waals surface area contributed by atoms with E-state index in [2.05, 4.69) is 15.0 Å². The minimum atomic E-state index is -4.60. The molecular weight excluding hydrogens is 435 g/mol. The summed E-state index contributed by atoms with van der Waals surface area (Å²) in [5.74, 6) is 0.631. The molecule has 1 fully saturated rings. The average Bonchev–Trinajstić information content (AvgIpc) is 3.39. The molecule has 1 amide bonds. The Hall–Kier alpha value is -3.56. The van der Waals surface area contributed by atoms with Gasteiger partial charge in [-0.3, -0.25) is 4.79 Å². The van der Waals surface area contributed by atoms with E-state index in [1.54, 1.807) is 19.4 Å². The van der Waals surface area contributed by atoms with Crippen LogP contribution in [0.25, 0.3) is 33.2 Å². The number of methoxy groups -OCH3 is 1. The zero-order chi connectivity index (χ0) is 23.2. The highest BCUT2D eigenvalue weighted by atomic mass is 19.4. The summed E-state index contributed by atoms with van der Waals surface area (Å²) >= 11 is 0. The monoisotopic (exact) mass is 457 g/mol. The van der Waals surface area contributed by atoms with Crippen LogP contribution >= 0.6 is 0 Å². The molecule has 0 bridgehead atoms. The van der Waals surface area contributed by atoms with Crippen LogP contribution < -0.4 is 4.74 Å². The fourth-order valence-corrected chi connectivity index (χ4v) is 4.45. The molecule has 4 heterocycles. The molecule has 4 aromatic rings. The van der Waals surface area contributed by atoms with Gasteiger partial charge < -0.3 is 19.2 Å². The van der Waals surface area contributed by atoms with E-state index in [0.717, 1.165) is 49.6 Å². The smallest absolute Gasteiger partial charge is 0.434 e. The number of rotatable bonds is 4. The van der Waals surface area contributed by atoms with E-state index in [-0.39, 0.29) is 23.5 Å². The molecule has 0 spiro atoms. The molecule has 172 valence electrons. The molecular formula is C23H22F3N5O2. The maximum atomic E-state index is 13.4. The SMILES string of the molecule is COc1ccc2c(c1)c(-c1cc3c(C(F)(F)F)ncnc3[nH]1)cn2CC(=O)N1CCCCC1. The van der Waals surface area contributed by atoms with Gasteiger partial charge in [0.05, 0.1) is 12.5 Å². The van der Waals surface area contributed by atoms with Gasteiger partial charge in [-0.25, -0.2) is 9.97 Å². The normalized spacial score (nSPS) is 14.8. The third-order valence-electron chi connectivity index (χ3n) is 6.09. The molecule has 7 nitrogen and oxygen atoms in total. The van der Waals surface area contributed by atoms with Crippen molar-refractivity contribution in [1.29, 1.82) is 0 Å². The number of nitrogens with zero attached hydrogens (tertiary/aromatic N) is 4. The number of piperidine rings is 1. The molecule has 3 aromatic heterocycles. The maximum absolute atomic E-state index is 13.4. The topological polar surface area (TPSA) is 76.0 Å². The molecule has 5 rings (SSSR count). The van der Waals surface area contributed by atoms with Crippen molar-refractivity contribution in [3.05, 3.63) is 42.5 Å². The molecule has 33 heavy (non-hydrogen) atoms. The lowest BCUT2D eigenvalue weighted by Crippen LogP contribution is -2.37. The Labute approximate surface area is 187 Å². The number of hydrogen-bond donors (Lipinski definition) is 1. The Morgan fingerprint density at radius 3 is 2.64 bits per heavy atom. The van der Waals surface area contributed by atoms with Crippen LogP contribution in [0.15, 0.2) is 36.8 Å². The van der Waals surface area contributed by atoms with E-state index in [1.807, 2.05) is 21.6 Å². The van der Waals surface area contributed by atoms with Crippen molar-refractivity contribution in [3.63, 3.8) is 0 Å². The third kappa shape index (κ3) is 3.90. The van der Waals surface area contributed by atoms with Gasteiger partial charge in [0.25, 0.3) is 0 Å². The first kappa shape index (κ1) is 21.3. The van der Waals surface area contributed by atoms with Crippen molar-refractivity contribution in [2.45, 2.75) is 32.0 Å². The first-order chi connectivity index (χ1) is 15.8. The Morgan fingerprint density at radius 2 is 1.91 bits per heavy atom. The van der Waals surface area contributed by atoms with Crippen molar-refractivity contribution < 1.29 is 22.7 Å². The number of amides is 1. The fourth-order valence-electron chi connectivity index (χ4n) is 4.45. The maximum Gasteiger partial charge on any atom is 0.434 e. The molecule has 1 aliphatic heterocycles. The molecule has 0 radical (unpaired) electrons. The van der Waals surface area contributed by atoms with Gasteiger partial charge in [0.15, 0.2) is 5.69 Å². The number of H-pyrrole nitrogens is 1. The summed E-state index contributed by atoms with van der Waals surface area (Å²) in [4.78, 5) is 25.2. The standard InChI is InChI=1S/C23H22F3N5O2/c1-33-14-5-6-19-15(9-14)17(11-31(19)12-20(32)30-7-3-2-4-8-30)18-10-16-21(23(24,25)26)27-13-28-22(16)29-18/h5-6,9-11,13H,2-4,7-8,12H2,1H3,(H,27,28,29). The van der Waals surface area contributed by atoms with Crippen molar-refractivity contribution in [1.82, 2.24) is 24.4 Å². The second kappa shape index (κ2) is 8.09. The third-order valence-corrected chi connectivity index (χ3v) is 6.09. The molecule has 10 heteroatoms. The highest BCUT2D eigenvalue weighted by Gasteiger charge is 2.35. The highest BCUT2D eigenvalue weighted by molar-refractivity contribution is 5.99. The minimum Gasteiger partial charge on any atom is -0.497 e. The number of alkyl halides is 3. The number of aromatic nitrogens is 4. The van der Waals surface area contributed by atoms with E-state index in [1.165, 1.54) is 6.07 Å². The Balaban J connectivity index is 1.61. The lowest BCUT2D eigenvalue weighted by atomic mass is 10.1. The number of carbonyl (C=O) groups is 1. The van der Waals surface area contributed by atoms with Crippen LogP contribution in [0.4, 0.5) is 13.2 Å². The molecule has 1 N–H and O–H groups in total. The zero-order valence-electron chi connectivity index (χ0n) is 17.9. The minimum absolute atomic E-state index is 0.0239. The van der Waals surface area contributed by atoms with Gasteiger partial charge in [0.2, 0.25) is 5.91 Å². The Morgan fingerprint density at radius 1 is 1.12 bits per heavy atom. The molecule has 0 saturated carbocycles. The van der Waals surface area contributed by atoms with Crippen LogP contribution in [-0.2, 0) is 17.5 Å². The first-order valence-electron chi connectivity index (χ1n) is 10.7. The predicted molar refractivity (Wildman–Crippen MR) is 117 cm³/mol. The average molecular weight is 457 g/mol. The van der Waals surface area contributed by atoms with Gasteiger partial charge in [-0.15, -0.1) is 0 Å². The molecule has 1 aromatic carbocycles. The van der Waals surface area contributed by atoms with Gasteiger partial charge in [-0.2, -0.15) is 13.2 Å². The number of ether oxygens (including phenoxy) is 1. The van der Waals surface area contributed by atoms with Crippen molar-refractivity contribution in [2.75, 3.05) is 20.2 Å². The summed E-state index contributed by atoms with van der Waals surface area (Å²) in [7, 11) is 1.55. The lowest BCUT2D eigenvalue weighted by molar-refractivity contribution is -0.139. The molecule has 0 aliphatic carbocycles. The van der Waals surface area contributed by atoms with Gasteiger partial charge in [-0.1, -0.05) is 0 Å². The molecule has 0 unspecified atom stereocenters. The summed E-state index contributed by atoms with van der Waals surface area (Å²) in [6.07, 6.45) is 1.21. The van der Waals surface area contributed by atoms with Crippen LogP contribution in [-0.4, -0.2) is 50.5 Å². The van der Waals surface area contributed by atoms with Gasteiger partial charge in [0.1, 0.15) is 24.3 Å². The quantitative estimate of drug-likeness (QED) is 0.485. The van der Waals surface area contributed by atoms with E-state index in [0.29, 0.717) is 17.0 Å². The Bertz CT molecular complexity index is 1340. The summed E-state index contributed by atoms with van der Waals surface area (Å²) in [5, 5.41) is 0.655. The van der Waals surface area contributed by atoms with Crippen molar-refractivity contribution >= 4 is 27.8 Å². The summed E-state index contributed by atoms with van der Waals surface area (Å²) < 4.78 is 47.5. The number of carbonyl (C=O) groups excluding carboxylic acids is 1. The molecule has 1 aliphatic rings. The summed E-state index contributed by atoms with van der Waals surface area (Å²) in [5.41, 5.74) is 1.01. The number of halogens is 3. The van der Waals surface area contributed by atoms with E-state index < -0.39 is 11.9 Å². The van der Waals surface area contributed by atoms with Crippen molar-refractivity contribution in [2.24, 2.45) is 0 Å². The van der Waals surface area contributed by atoms with Gasteiger partial charge in [0, 0.05) is 41.4 Å². The van der Waals surface area contributed by atoms with Crippen LogP contribution in [0.2, 0.25) is 0 Å². The molecule has 1 saturated heterocycles. The summed E-state index contributed by atoms with van der Waals surface area (Å²) in [6, 6.07) is 6.87.